The van der Waals surface area contributed by atoms with Crippen LogP contribution in [-0.2, 0) is 16.0 Å². The van der Waals surface area contributed by atoms with Gasteiger partial charge in [-0.25, -0.2) is 9.59 Å². The first-order valence-electron chi connectivity index (χ1n) is 5.72. The van der Waals surface area contributed by atoms with Crippen LogP contribution in [0.2, 0.25) is 0 Å². The van der Waals surface area contributed by atoms with Crippen LogP contribution >= 0.6 is 0 Å². The summed E-state index contributed by atoms with van der Waals surface area (Å²) in [5, 5.41) is 24.3. The third kappa shape index (κ3) is 5.80. The number of aromatic nitrogens is 4. The molecule has 1 amide bonds. The smallest absolute Gasteiger partial charge is 0.408 e. The summed E-state index contributed by atoms with van der Waals surface area (Å²) in [7, 11) is 0. The number of tetrazole rings is 1. The minimum atomic E-state index is -1.14. The molecule has 1 atom stereocenters. The van der Waals surface area contributed by atoms with E-state index in [1.165, 1.54) is 0 Å². The van der Waals surface area contributed by atoms with Crippen LogP contribution in [0, 0.1) is 0 Å². The Labute approximate surface area is 109 Å². The second kappa shape index (κ2) is 6.12. The number of nitrogens with one attached hydrogen (secondary N) is 2. The molecule has 1 aromatic rings. The average Bonchev–Trinajstić information content (AvgIpc) is 2.73. The van der Waals surface area contributed by atoms with Gasteiger partial charge in [-0.1, -0.05) is 5.21 Å². The number of carbonyl (C=O) groups is 2. The van der Waals surface area contributed by atoms with Crippen molar-refractivity contribution in [3.8, 4) is 0 Å². The molecule has 0 fully saturated rings. The number of amides is 1. The van der Waals surface area contributed by atoms with Crippen LogP contribution in [0.3, 0.4) is 0 Å². The van der Waals surface area contributed by atoms with Gasteiger partial charge in [0.2, 0.25) is 0 Å². The summed E-state index contributed by atoms with van der Waals surface area (Å²) in [6, 6.07) is -1.06. The van der Waals surface area contributed by atoms with Crippen LogP contribution < -0.4 is 5.32 Å². The molecule has 0 aliphatic heterocycles. The largest absolute Gasteiger partial charge is 0.480 e. The number of rotatable bonds is 5. The summed E-state index contributed by atoms with van der Waals surface area (Å²) < 4.78 is 4.99. The lowest BCUT2D eigenvalue weighted by molar-refractivity contribution is -0.139. The highest BCUT2D eigenvalue weighted by Crippen LogP contribution is 2.07. The van der Waals surface area contributed by atoms with Gasteiger partial charge in [-0.05, 0) is 27.2 Å². The summed E-state index contributed by atoms with van der Waals surface area (Å²) in [5.74, 6) is -0.758. The van der Waals surface area contributed by atoms with E-state index in [-0.39, 0.29) is 12.8 Å². The minimum Gasteiger partial charge on any atom is -0.480 e. The molecule has 0 aliphatic rings. The van der Waals surface area contributed by atoms with Crippen LogP contribution in [-0.4, -0.2) is 49.4 Å². The standard InChI is InChI=1S/C10H17N5O4/c1-10(2,3)19-9(18)11-6(8(16)17)4-5-7-12-14-15-13-7/h6H,4-5H2,1-3H3,(H,11,18)(H,16,17)(H,12,13,14,15)/t6-/m0/s1. The Morgan fingerprint density at radius 3 is 2.63 bits per heavy atom. The molecule has 3 N–H and O–H groups in total. The van der Waals surface area contributed by atoms with Crippen molar-refractivity contribution in [2.75, 3.05) is 0 Å². The number of aromatic amines is 1. The Hall–Kier alpha value is -2.19. The van der Waals surface area contributed by atoms with E-state index < -0.39 is 23.7 Å². The predicted octanol–water partition coefficient (Wildman–Crippen LogP) is 0.110. The zero-order chi connectivity index (χ0) is 14.5. The monoisotopic (exact) mass is 271 g/mol. The molecule has 0 radical (unpaired) electrons. The summed E-state index contributed by atoms with van der Waals surface area (Å²) in [4.78, 5) is 22.5. The molecule has 0 aliphatic carbocycles. The number of H-pyrrole nitrogens is 1. The van der Waals surface area contributed by atoms with Gasteiger partial charge in [0.25, 0.3) is 0 Å². The van der Waals surface area contributed by atoms with Crippen molar-refractivity contribution in [1.29, 1.82) is 0 Å². The number of hydrogen-bond acceptors (Lipinski definition) is 6. The number of alkyl carbamates (subject to hydrolysis) is 1. The topological polar surface area (TPSA) is 130 Å². The third-order valence-electron chi connectivity index (χ3n) is 2.03. The Balaban J connectivity index is 2.49. The Kier molecular flexibility index (Phi) is 4.79. The Morgan fingerprint density at radius 1 is 1.47 bits per heavy atom. The van der Waals surface area contributed by atoms with Crippen molar-refractivity contribution in [2.45, 2.75) is 45.3 Å². The van der Waals surface area contributed by atoms with Gasteiger partial charge < -0.3 is 15.2 Å². The number of carboxylic acids is 1. The van der Waals surface area contributed by atoms with E-state index in [1.54, 1.807) is 20.8 Å². The van der Waals surface area contributed by atoms with E-state index in [0.29, 0.717) is 5.82 Å². The lowest BCUT2D eigenvalue weighted by Crippen LogP contribution is -2.43. The van der Waals surface area contributed by atoms with E-state index in [4.69, 9.17) is 9.84 Å². The number of aliphatic carboxylic acids is 1. The number of hydrogen-bond donors (Lipinski definition) is 3. The van der Waals surface area contributed by atoms with Gasteiger partial charge in [-0.2, -0.15) is 5.21 Å². The molecule has 1 rings (SSSR count). The average molecular weight is 271 g/mol. The van der Waals surface area contributed by atoms with Crippen molar-refractivity contribution in [2.24, 2.45) is 0 Å². The summed E-state index contributed by atoms with van der Waals surface area (Å²) in [6.45, 7) is 5.09. The number of aryl methyl sites for hydroxylation is 1. The first-order chi connectivity index (χ1) is 8.78. The summed E-state index contributed by atoms with van der Waals surface area (Å²) in [6.07, 6.45) is -0.342. The zero-order valence-corrected chi connectivity index (χ0v) is 11.0. The van der Waals surface area contributed by atoms with Gasteiger partial charge in [0.15, 0.2) is 5.82 Å². The van der Waals surface area contributed by atoms with Crippen molar-refractivity contribution < 1.29 is 19.4 Å². The van der Waals surface area contributed by atoms with Crippen LogP contribution in [0.15, 0.2) is 0 Å². The maximum Gasteiger partial charge on any atom is 0.408 e. The van der Waals surface area contributed by atoms with Gasteiger partial charge in [0.1, 0.15) is 11.6 Å². The van der Waals surface area contributed by atoms with E-state index in [2.05, 4.69) is 25.9 Å². The van der Waals surface area contributed by atoms with Gasteiger partial charge in [-0.3, -0.25) is 0 Å². The summed E-state index contributed by atoms with van der Waals surface area (Å²) in [5.41, 5.74) is -0.680. The molecule has 1 aromatic heterocycles. The number of ether oxygens (including phenoxy) is 1. The van der Waals surface area contributed by atoms with Gasteiger partial charge in [0, 0.05) is 6.42 Å². The van der Waals surface area contributed by atoms with Crippen LogP contribution in [0.5, 0.6) is 0 Å². The fraction of sp³-hybridized carbons (Fsp3) is 0.700. The summed E-state index contributed by atoms with van der Waals surface area (Å²) >= 11 is 0. The van der Waals surface area contributed by atoms with Crippen LogP contribution in [0.4, 0.5) is 4.79 Å². The van der Waals surface area contributed by atoms with Gasteiger partial charge in [-0.15, -0.1) is 10.2 Å². The molecule has 1 heterocycles. The molecule has 19 heavy (non-hydrogen) atoms. The van der Waals surface area contributed by atoms with E-state index in [0.717, 1.165) is 0 Å². The van der Waals surface area contributed by atoms with Crippen LogP contribution in [0.1, 0.15) is 33.0 Å². The fourth-order valence-corrected chi connectivity index (χ4v) is 1.27. The highest BCUT2D eigenvalue weighted by Gasteiger charge is 2.24. The van der Waals surface area contributed by atoms with Crippen molar-refractivity contribution in [1.82, 2.24) is 25.9 Å². The lowest BCUT2D eigenvalue weighted by atomic mass is 10.1. The van der Waals surface area contributed by atoms with Gasteiger partial charge in [0.05, 0.1) is 0 Å². The van der Waals surface area contributed by atoms with Crippen LogP contribution in [0.25, 0.3) is 0 Å². The molecule has 9 heteroatoms. The van der Waals surface area contributed by atoms with Crippen molar-refractivity contribution >= 4 is 12.1 Å². The van der Waals surface area contributed by atoms with E-state index in [9.17, 15) is 9.59 Å². The molecule has 0 spiro atoms. The normalized spacial score (nSPS) is 12.8. The molecule has 0 bridgehead atoms. The lowest BCUT2D eigenvalue weighted by Gasteiger charge is -2.21. The minimum absolute atomic E-state index is 0.147. The molecule has 0 aromatic carbocycles. The molecule has 9 nitrogen and oxygen atoms in total. The first-order valence-corrected chi connectivity index (χ1v) is 5.72. The number of carboxylic acid groups (broad SMARTS) is 1. The molecule has 106 valence electrons. The maximum atomic E-state index is 11.5. The number of nitrogens with zero attached hydrogens (tertiary/aromatic N) is 3. The Morgan fingerprint density at radius 2 is 2.16 bits per heavy atom. The quantitative estimate of drug-likeness (QED) is 0.692. The van der Waals surface area contributed by atoms with Crippen molar-refractivity contribution in [3.63, 3.8) is 0 Å². The van der Waals surface area contributed by atoms with Crippen molar-refractivity contribution in [3.05, 3.63) is 5.82 Å². The second-order valence-corrected chi connectivity index (χ2v) is 4.90. The molecular formula is C10H17N5O4. The molecule has 0 unspecified atom stereocenters. The van der Waals surface area contributed by atoms with Gasteiger partial charge >= 0.3 is 12.1 Å². The van der Waals surface area contributed by atoms with E-state index >= 15 is 0 Å². The zero-order valence-electron chi connectivity index (χ0n) is 11.0. The second-order valence-electron chi connectivity index (χ2n) is 4.90. The highest BCUT2D eigenvalue weighted by molar-refractivity contribution is 5.79. The highest BCUT2D eigenvalue weighted by atomic mass is 16.6. The fourth-order valence-electron chi connectivity index (χ4n) is 1.27. The maximum absolute atomic E-state index is 11.5. The van der Waals surface area contributed by atoms with E-state index in [1.807, 2.05) is 0 Å². The first kappa shape index (κ1) is 14.9. The molecule has 0 saturated heterocycles. The SMILES string of the molecule is CC(C)(C)OC(=O)N[C@@H](CCc1nn[nH]n1)C(=O)O. The molecule has 0 saturated carbocycles. The molecular weight excluding hydrogens is 254 g/mol. The third-order valence-corrected chi connectivity index (χ3v) is 2.03. The number of carbonyl (C=O) groups excluding carboxylic acids is 1. The Bertz CT molecular complexity index is 426. The predicted molar refractivity (Wildman–Crippen MR) is 63.3 cm³/mol.